The van der Waals surface area contributed by atoms with E-state index in [9.17, 15) is 4.79 Å². The number of furan rings is 1. The Morgan fingerprint density at radius 2 is 1.80 bits per heavy atom. The van der Waals surface area contributed by atoms with Crippen LogP contribution in [-0.2, 0) is 4.74 Å². The van der Waals surface area contributed by atoms with Crippen LogP contribution in [0.25, 0.3) is 11.0 Å². The monoisotopic (exact) mass is 342 g/mol. The molecule has 134 valence electrons. The fourth-order valence-corrected chi connectivity index (χ4v) is 4.02. The molecular formula is C20H26N2O3. The van der Waals surface area contributed by atoms with Crippen LogP contribution in [0.15, 0.2) is 16.5 Å². The number of ether oxygens (including phenoxy) is 1. The first kappa shape index (κ1) is 16.6. The number of likely N-dealkylation sites (tertiary alicyclic amines) is 1. The summed E-state index contributed by atoms with van der Waals surface area (Å²) in [7, 11) is 0. The summed E-state index contributed by atoms with van der Waals surface area (Å²) in [5.74, 6) is 1.11. The predicted molar refractivity (Wildman–Crippen MR) is 97.1 cm³/mol. The van der Waals surface area contributed by atoms with Crippen molar-refractivity contribution in [1.82, 2.24) is 9.80 Å². The molecule has 0 atom stereocenters. The maximum Gasteiger partial charge on any atom is 0.289 e. The fraction of sp³-hybridized carbons (Fsp3) is 0.550. The molecule has 2 aromatic rings. The zero-order valence-electron chi connectivity index (χ0n) is 15.3. The van der Waals surface area contributed by atoms with Crippen molar-refractivity contribution in [3.05, 3.63) is 34.6 Å². The molecule has 0 spiro atoms. The minimum atomic E-state index is 0.0331. The molecule has 1 aromatic carbocycles. The van der Waals surface area contributed by atoms with Gasteiger partial charge in [0.2, 0.25) is 0 Å². The van der Waals surface area contributed by atoms with E-state index in [1.807, 2.05) is 18.7 Å². The number of amides is 1. The second-order valence-electron chi connectivity index (χ2n) is 7.45. The third-order valence-corrected chi connectivity index (χ3v) is 5.54. The highest BCUT2D eigenvalue weighted by molar-refractivity contribution is 6.00. The second-order valence-corrected chi connectivity index (χ2v) is 7.45. The van der Waals surface area contributed by atoms with Crippen molar-refractivity contribution in [3.8, 4) is 0 Å². The van der Waals surface area contributed by atoms with Crippen molar-refractivity contribution in [1.29, 1.82) is 0 Å². The molecule has 0 N–H and O–H groups in total. The first-order chi connectivity index (χ1) is 12.0. The minimum Gasteiger partial charge on any atom is -0.450 e. The van der Waals surface area contributed by atoms with Gasteiger partial charge in [-0.05, 0) is 31.9 Å². The van der Waals surface area contributed by atoms with E-state index in [-0.39, 0.29) is 5.91 Å². The molecule has 25 heavy (non-hydrogen) atoms. The fourth-order valence-electron chi connectivity index (χ4n) is 4.02. The molecule has 2 aliphatic heterocycles. The number of hydrogen-bond acceptors (Lipinski definition) is 4. The van der Waals surface area contributed by atoms with Crippen molar-refractivity contribution in [2.24, 2.45) is 5.92 Å². The molecular weight excluding hydrogens is 316 g/mol. The number of nitrogens with zero attached hydrogens (tertiary/aromatic N) is 2. The highest BCUT2D eigenvalue weighted by atomic mass is 16.5. The van der Waals surface area contributed by atoms with Crippen molar-refractivity contribution >= 4 is 16.9 Å². The van der Waals surface area contributed by atoms with Gasteiger partial charge in [0.05, 0.1) is 13.2 Å². The molecule has 2 saturated heterocycles. The predicted octanol–water partition coefficient (Wildman–Crippen LogP) is 2.76. The first-order valence-corrected chi connectivity index (χ1v) is 9.13. The first-order valence-electron chi connectivity index (χ1n) is 9.13. The molecule has 4 rings (SSSR count). The summed E-state index contributed by atoms with van der Waals surface area (Å²) in [5.41, 5.74) is 4.07. The van der Waals surface area contributed by atoms with E-state index in [0.717, 1.165) is 73.6 Å². The van der Waals surface area contributed by atoms with Gasteiger partial charge in [0.1, 0.15) is 5.58 Å². The lowest BCUT2D eigenvalue weighted by Crippen LogP contribution is -2.54. The molecule has 0 saturated carbocycles. The van der Waals surface area contributed by atoms with E-state index in [1.54, 1.807) is 0 Å². The van der Waals surface area contributed by atoms with E-state index in [0.29, 0.717) is 11.7 Å². The molecule has 2 fully saturated rings. The van der Waals surface area contributed by atoms with Gasteiger partial charge in [-0.2, -0.15) is 0 Å². The smallest absolute Gasteiger partial charge is 0.289 e. The van der Waals surface area contributed by atoms with Crippen molar-refractivity contribution < 1.29 is 13.9 Å². The van der Waals surface area contributed by atoms with E-state index >= 15 is 0 Å². The summed E-state index contributed by atoms with van der Waals surface area (Å²) in [4.78, 5) is 17.2. The number of carbonyl (C=O) groups excluding carboxylic acids is 1. The van der Waals surface area contributed by atoms with Crippen LogP contribution in [0, 0.1) is 26.7 Å². The van der Waals surface area contributed by atoms with Gasteiger partial charge in [-0.25, -0.2) is 0 Å². The van der Waals surface area contributed by atoms with Gasteiger partial charge >= 0.3 is 0 Å². The Hall–Kier alpha value is -1.85. The molecule has 0 unspecified atom stereocenters. The zero-order chi connectivity index (χ0) is 17.6. The van der Waals surface area contributed by atoms with Crippen LogP contribution in [0.1, 0.15) is 27.2 Å². The molecule has 5 nitrogen and oxygen atoms in total. The Morgan fingerprint density at radius 1 is 1.12 bits per heavy atom. The van der Waals surface area contributed by atoms with Crippen LogP contribution in [0.4, 0.5) is 0 Å². The van der Waals surface area contributed by atoms with Gasteiger partial charge < -0.3 is 14.1 Å². The van der Waals surface area contributed by atoms with Crippen LogP contribution in [0.3, 0.4) is 0 Å². The normalized spacial score (nSPS) is 19.4. The van der Waals surface area contributed by atoms with E-state index in [1.165, 1.54) is 0 Å². The van der Waals surface area contributed by atoms with E-state index in [4.69, 9.17) is 9.15 Å². The Kier molecular flexibility index (Phi) is 4.29. The maximum absolute atomic E-state index is 12.9. The highest BCUT2D eigenvalue weighted by Gasteiger charge is 2.35. The quantitative estimate of drug-likeness (QED) is 0.860. The van der Waals surface area contributed by atoms with Crippen LogP contribution in [-0.4, -0.2) is 61.6 Å². The summed E-state index contributed by atoms with van der Waals surface area (Å²) >= 11 is 0. The lowest BCUT2D eigenvalue weighted by molar-refractivity contribution is 0.00628. The number of hydrogen-bond donors (Lipinski definition) is 0. The number of carbonyl (C=O) groups is 1. The summed E-state index contributed by atoms with van der Waals surface area (Å²) in [5, 5.41) is 1.09. The molecule has 0 bridgehead atoms. The largest absolute Gasteiger partial charge is 0.450 e. The molecule has 0 radical (unpaired) electrons. The molecule has 1 aromatic heterocycles. The van der Waals surface area contributed by atoms with E-state index < -0.39 is 0 Å². The number of benzene rings is 1. The van der Waals surface area contributed by atoms with Crippen LogP contribution in [0.5, 0.6) is 0 Å². The number of rotatable bonds is 3. The molecule has 3 heterocycles. The Morgan fingerprint density at radius 3 is 2.48 bits per heavy atom. The van der Waals surface area contributed by atoms with Gasteiger partial charge in [0.25, 0.3) is 5.91 Å². The number of morpholine rings is 1. The van der Waals surface area contributed by atoms with Gasteiger partial charge in [-0.1, -0.05) is 12.1 Å². The third kappa shape index (κ3) is 2.96. The molecule has 2 aliphatic rings. The maximum atomic E-state index is 12.9. The number of fused-ring (bicyclic) bond motifs is 1. The highest BCUT2D eigenvalue weighted by Crippen LogP contribution is 2.32. The number of aryl methyl sites for hydroxylation is 3. The Labute approximate surface area is 148 Å². The lowest BCUT2D eigenvalue weighted by Gasteiger charge is -2.42. The topological polar surface area (TPSA) is 45.9 Å². The SMILES string of the molecule is Cc1ccc(C)c2c(C)c(C(=O)N3CC(CN4CCOCC4)C3)oc12. The molecule has 1 amide bonds. The van der Waals surface area contributed by atoms with Gasteiger partial charge in [0.15, 0.2) is 5.76 Å². The molecule has 0 aliphatic carbocycles. The Balaban J connectivity index is 1.46. The summed E-state index contributed by atoms with van der Waals surface area (Å²) in [6.45, 7) is 12.5. The van der Waals surface area contributed by atoms with Crippen LogP contribution < -0.4 is 0 Å². The van der Waals surface area contributed by atoms with Gasteiger partial charge in [-0.15, -0.1) is 0 Å². The second kappa shape index (κ2) is 6.46. The van der Waals surface area contributed by atoms with Gasteiger partial charge in [-0.3, -0.25) is 9.69 Å². The third-order valence-electron chi connectivity index (χ3n) is 5.54. The van der Waals surface area contributed by atoms with Gasteiger partial charge in [0, 0.05) is 49.6 Å². The van der Waals surface area contributed by atoms with Crippen LogP contribution in [0.2, 0.25) is 0 Å². The average Bonchev–Trinajstić information content (AvgIpc) is 2.93. The molecule has 5 heteroatoms. The summed E-state index contributed by atoms with van der Waals surface area (Å²) in [6.07, 6.45) is 0. The van der Waals surface area contributed by atoms with Crippen molar-refractivity contribution in [2.75, 3.05) is 45.9 Å². The average molecular weight is 342 g/mol. The lowest BCUT2D eigenvalue weighted by atomic mass is 9.98. The van der Waals surface area contributed by atoms with Crippen molar-refractivity contribution in [2.45, 2.75) is 20.8 Å². The summed E-state index contributed by atoms with van der Waals surface area (Å²) in [6, 6.07) is 4.15. The standard InChI is InChI=1S/C20H26N2O3/c1-13-4-5-14(2)18-17(13)15(3)19(25-18)20(23)22-11-16(12-22)10-21-6-8-24-9-7-21/h4-5,16H,6-12H2,1-3H3. The Bertz CT molecular complexity index is 799. The summed E-state index contributed by atoms with van der Waals surface area (Å²) < 4.78 is 11.4. The minimum absolute atomic E-state index is 0.0331. The van der Waals surface area contributed by atoms with Crippen molar-refractivity contribution in [3.63, 3.8) is 0 Å². The zero-order valence-corrected chi connectivity index (χ0v) is 15.3. The van der Waals surface area contributed by atoms with E-state index in [2.05, 4.69) is 24.0 Å². The van der Waals surface area contributed by atoms with Crippen LogP contribution >= 0.6 is 0 Å².